The second-order valence-electron chi connectivity index (χ2n) is 3.66. The van der Waals surface area contributed by atoms with Gasteiger partial charge in [0.05, 0.1) is 16.9 Å². The molecule has 0 aliphatic rings. The van der Waals surface area contributed by atoms with Crippen LogP contribution in [0.1, 0.15) is 0 Å². The Hall–Kier alpha value is -1.86. The van der Waals surface area contributed by atoms with Crippen LogP contribution in [0.3, 0.4) is 0 Å². The first kappa shape index (κ1) is 13.6. The summed E-state index contributed by atoms with van der Waals surface area (Å²) in [7, 11) is -3.90. The van der Waals surface area contributed by atoms with Crippen LogP contribution in [0, 0.1) is 5.95 Å². The van der Waals surface area contributed by atoms with Gasteiger partial charge in [0.1, 0.15) is 4.90 Å². The standard InChI is InChI=1S/C11H9ClFN3O2S/c12-9-3-1-7(14)5-10(9)19(17,18)16-8-2-4-11(13)15-6-8/h1-6,16H,14H2. The Bertz CT molecular complexity index is 704. The summed E-state index contributed by atoms with van der Waals surface area (Å²) in [6.07, 6.45) is 1.06. The van der Waals surface area contributed by atoms with Gasteiger partial charge in [0, 0.05) is 5.69 Å². The number of rotatable bonds is 3. The molecule has 0 amide bonds. The van der Waals surface area contributed by atoms with Crippen LogP contribution in [-0.4, -0.2) is 13.4 Å². The molecule has 0 aliphatic carbocycles. The number of pyridine rings is 1. The van der Waals surface area contributed by atoms with E-state index in [0.717, 1.165) is 12.3 Å². The van der Waals surface area contributed by atoms with Crippen LogP contribution in [0.2, 0.25) is 5.02 Å². The van der Waals surface area contributed by atoms with Crippen molar-refractivity contribution in [3.63, 3.8) is 0 Å². The maximum absolute atomic E-state index is 12.6. The summed E-state index contributed by atoms with van der Waals surface area (Å²) in [5.74, 6) is -0.704. The predicted octanol–water partition coefficient (Wildman–Crippen LogP) is 2.26. The van der Waals surface area contributed by atoms with Gasteiger partial charge in [-0.3, -0.25) is 4.72 Å². The van der Waals surface area contributed by atoms with Gasteiger partial charge < -0.3 is 5.73 Å². The van der Waals surface area contributed by atoms with Gasteiger partial charge in [-0.05, 0) is 30.3 Å². The van der Waals surface area contributed by atoms with Gasteiger partial charge in [-0.1, -0.05) is 11.6 Å². The molecular formula is C11H9ClFN3O2S. The molecule has 0 fully saturated rings. The molecule has 2 rings (SSSR count). The fourth-order valence-electron chi connectivity index (χ4n) is 1.37. The topological polar surface area (TPSA) is 85.1 Å². The van der Waals surface area contributed by atoms with Gasteiger partial charge in [0.2, 0.25) is 5.95 Å². The Morgan fingerprint density at radius 2 is 2.00 bits per heavy atom. The summed E-state index contributed by atoms with van der Waals surface area (Å²) in [6, 6.07) is 6.40. The quantitative estimate of drug-likeness (QED) is 0.672. The summed E-state index contributed by atoms with van der Waals surface area (Å²) < 4.78 is 39.0. The van der Waals surface area contributed by atoms with Crippen molar-refractivity contribution in [2.45, 2.75) is 4.90 Å². The van der Waals surface area contributed by atoms with Crippen molar-refractivity contribution < 1.29 is 12.8 Å². The number of anilines is 2. The maximum atomic E-state index is 12.6. The number of nitrogens with one attached hydrogen (secondary N) is 1. The molecule has 0 aliphatic heterocycles. The second kappa shape index (κ2) is 5.02. The molecule has 0 radical (unpaired) electrons. The van der Waals surface area contributed by atoms with E-state index in [1.165, 1.54) is 24.3 Å². The first-order valence-electron chi connectivity index (χ1n) is 5.08. The Labute approximate surface area is 114 Å². The molecule has 0 saturated heterocycles. The van der Waals surface area contributed by atoms with Crippen LogP contribution < -0.4 is 10.5 Å². The zero-order valence-corrected chi connectivity index (χ0v) is 11.0. The van der Waals surface area contributed by atoms with Crippen molar-refractivity contribution in [2.75, 3.05) is 10.5 Å². The highest BCUT2D eigenvalue weighted by molar-refractivity contribution is 7.92. The fraction of sp³-hybridized carbons (Fsp3) is 0. The summed E-state index contributed by atoms with van der Waals surface area (Å²) in [6.45, 7) is 0. The first-order chi connectivity index (χ1) is 8.88. The number of nitrogens with zero attached hydrogens (tertiary/aromatic N) is 1. The van der Waals surface area contributed by atoms with Crippen molar-refractivity contribution >= 4 is 33.0 Å². The van der Waals surface area contributed by atoms with Crippen molar-refractivity contribution in [2.24, 2.45) is 0 Å². The zero-order valence-electron chi connectivity index (χ0n) is 9.47. The molecule has 0 unspecified atom stereocenters. The average Bonchev–Trinajstić information content (AvgIpc) is 2.35. The van der Waals surface area contributed by atoms with Crippen LogP contribution in [0.15, 0.2) is 41.4 Å². The zero-order chi connectivity index (χ0) is 14.0. The van der Waals surface area contributed by atoms with Gasteiger partial charge in [-0.2, -0.15) is 4.39 Å². The fourth-order valence-corrected chi connectivity index (χ4v) is 2.95. The van der Waals surface area contributed by atoms with E-state index in [4.69, 9.17) is 17.3 Å². The van der Waals surface area contributed by atoms with E-state index in [-0.39, 0.29) is 21.3 Å². The van der Waals surface area contributed by atoms with E-state index in [0.29, 0.717) is 0 Å². The number of nitrogen functional groups attached to an aromatic ring is 1. The van der Waals surface area contributed by atoms with Crippen molar-refractivity contribution in [3.8, 4) is 0 Å². The van der Waals surface area contributed by atoms with E-state index < -0.39 is 16.0 Å². The molecule has 1 aromatic carbocycles. The number of hydrogen-bond acceptors (Lipinski definition) is 4. The molecule has 0 spiro atoms. The normalized spacial score (nSPS) is 11.3. The summed E-state index contributed by atoms with van der Waals surface area (Å²) >= 11 is 5.82. The van der Waals surface area contributed by atoms with Gasteiger partial charge in [-0.25, -0.2) is 13.4 Å². The van der Waals surface area contributed by atoms with Gasteiger partial charge in [-0.15, -0.1) is 0 Å². The first-order valence-corrected chi connectivity index (χ1v) is 6.94. The Kier molecular flexibility index (Phi) is 3.59. The van der Waals surface area contributed by atoms with Crippen molar-refractivity contribution in [1.82, 2.24) is 4.98 Å². The molecule has 0 atom stereocenters. The van der Waals surface area contributed by atoms with Crippen LogP contribution in [0.4, 0.5) is 15.8 Å². The Balaban J connectivity index is 2.37. The highest BCUT2D eigenvalue weighted by Gasteiger charge is 2.18. The molecule has 19 heavy (non-hydrogen) atoms. The summed E-state index contributed by atoms with van der Waals surface area (Å²) in [5, 5.41) is 0.0387. The van der Waals surface area contributed by atoms with Gasteiger partial charge >= 0.3 is 0 Å². The van der Waals surface area contributed by atoms with Crippen LogP contribution in [-0.2, 0) is 10.0 Å². The molecule has 0 saturated carbocycles. The number of aromatic nitrogens is 1. The summed E-state index contributed by atoms with van der Waals surface area (Å²) in [4.78, 5) is 3.19. The number of hydrogen-bond donors (Lipinski definition) is 2. The molecular weight excluding hydrogens is 293 g/mol. The predicted molar refractivity (Wildman–Crippen MR) is 70.9 cm³/mol. The molecule has 5 nitrogen and oxygen atoms in total. The molecule has 1 heterocycles. The van der Waals surface area contributed by atoms with E-state index >= 15 is 0 Å². The van der Waals surface area contributed by atoms with E-state index in [1.54, 1.807) is 0 Å². The molecule has 3 N–H and O–H groups in total. The van der Waals surface area contributed by atoms with Crippen molar-refractivity contribution in [1.29, 1.82) is 0 Å². The van der Waals surface area contributed by atoms with Crippen LogP contribution in [0.5, 0.6) is 0 Å². The lowest BCUT2D eigenvalue weighted by atomic mass is 10.3. The van der Waals surface area contributed by atoms with E-state index in [2.05, 4.69) is 9.71 Å². The number of benzene rings is 1. The molecule has 2 aromatic rings. The highest BCUT2D eigenvalue weighted by Crippen LogP contribution is 2.25. The SMILES string of the molecule is Nc1ccc(Cl)c(S(=O)(=O)Nc2ccc(F)nc2)c1. The third-order valence-electron chi connectivity index (χ3n) is 2.22. The Morgan fingerprint density at radius 3 is 2.63 bits per heavy atom. The minimum atomic E-state index is -3.90. The summed E-state index contributed by atoms with van der Waals surface area (Å²) in [5.41, 5.74) is 5.92. The minimum absolute atomic E-state index is 0.0387. The molecule has 100 valence electrons. The number of nitrogens with two attached hydrogens (primary N) is 1. The van der Waals surface area contributed by atoms with E-state index in [9.17, 15) is 12.8 Å². The third-order valence-corrected chi connectivity index (χ3v) is 4.09. The van der Waals surface area contributed by atoms with Gasteiger partial charge in [0.15, 0.2) is 0 Å². The molecule has 8 heteroatoms. The van der Waals surface area contributed by atoms with Crippen LogP contribution in [0.25, 0.3) is 0 Å². The lowest BCUT2D eigenvalue weighted by Crippen LogP contribution is -2.14. The minimum Gasteiger partial charge on any atom is -0.399 e. The highest BCUT2D eigenvalue weighted by atomic mass is 35.5. The Morgan fingerprint density at radius 1 is 1.26 bits per heavy atom. The van der Waals surface area contributed by atoms with Crippen molar-refractivity contribution in [3.05, 3.63) is 47.5 Å². The third kappa shape index (κ3) is 3.12. The lowest BCUT2D eigenvalue weighted by molar-refractivity contribution is 0.583. The van der Waals surface area contributed by atoms with Gasteiger partial charge in [0.25, 0.3) is 10.0 Å². The maximum Gasteiger partial charge on any atom is 0.263 e. The molecule has 1 aromatic heterocycles. The monoisotopic (exact) mass is 301 g/mol. The van der Waals surface area contributed by atoms with E-state index in [1.807, 2.05) is 0 Å². The smallest absolute Gasteiger partial charge is 0.263 e. The number of sulfonamides is 1. The van der Waals surface area contributed by atoms with Crippen LogP contribution >= 0.6 is 11.6 Å². The second-order valence-corrected chi connectivity index (χ2v) is 5.72. The molecule has 0 bridgehead atoms. The number of halogens is 2. The average molecular weight is 302 g/mol. The lowest BCUT2D eigenvalue weighted by Gasteiger charge is -2.09. The largest absolute Gasteiger partial charge is 0.399 e.